The third-order valence-corrected chi connectivity index (χ3v) is 4.46. The standard InChI is InChI=1S/C21H21N3O7/c1-3-30-12-9-11(10-13(31-4-2)17(12)24-7-5-6-8-24)14-15(20(26)27)18(22)23-19(25)16(14)21(28)29/h5-10H,3-4H2,1-2H3,(H,26,27)(H,28,29)(H3,22,23,25). The lowest BCUT2D eigenvalue weighted by Crippen LogP contribution is -2.24. The van der Waals surface area contributed by atoms with Crippen LogP contribution in [0.3, 0.4) is 0 Å². The van der Waals surface area contributed by atoms with Gasteiger partial charge in [0.05, 0.1) is 13.2 Å². The molecule has 3 aromatic rings. The van der Waals surface area contributed by atoms with Crippen LogP contribution in [0, 0.1) is 0 Å². The molecule has 1 aromatic carbocycles. The van der Waals surface area contributed by atoms with Crippen molar-refractivity contribution in [2.75, 3.05) is 18.9 Å². The molecular weight excluding hydrogens is 406 g/mol. The highest BCUT2D eigenvalue weighted by atomic mass is 16.5. The highest BCUT2D eigenvalue weighted by Gasteiger charge is 2.28. The first-order valence-corrected chi connectivity index (χ1v) is 9.39. The number of nitrogens with one attached hydrogen (secondary N) is 1. The molecule has 2 heterocycles. The molecule has 0 radical (unpaired) electrons. The van der Waals surface area contributed by atoms with E-state index in [2.05, 4.69) is 4.98 Å². The Bertz CT molecular complexity index is 1170. The molecule has 0 bridgehead atoms. The number of H-pyrrole nitrogens is 1. The van der Waals surface area contributed by atoms with E-state index in [0.717, 1.165) is 0 Å². The lowest BCUT2D eigenvalue weighted by atomic mass is 9.94. The van der Waals surface area contributed by atoms with Gasteiger partial charge in [0.25, 0.3) is 5.56 Å². The van der Waals surface area contributed by atoms with Crippen molar-refractivity contribution in [3.8, 4) is 28.3 Å². The topological polar surface area (TPSA) is 157 Å². The van der Waals surface area contributed by atoms with E-state index in [1.807, 2.05) is 12.1 Å². The maximum absolute atomic E-state index is 12.3. The number of anilines is 1. The summed E-state index contributed by atoms with van der Waals surface area (Å²) in [5.41, 5.74) is 3.76. The molecule has 0 saturated heterocycles. The van der Waals surface area contributed by atoms with Crippen LogP contribution in [0.4, 0.5) is 5.82 Å². The lowest BCUT2D eigenvalue weighted by molar-refractivity contribution is 0.0695. The second kappa shape index (κ2) is 8.66. The minimum Gasteiger partial charge on any atom is -0.492 e. The van der Waals surface area contributed by atoms with Gasteiger partial charge in [-0.05, 0) is 43.7 Å². The quantitative estimate of drug-likeness (QED) is 0.427. The number of carboxylic acids is 2. The number of pyridine rings is 1. The number of nitrogens with two attached hydrogens (primary N) is 1. The van der Waals surface area contributed by atoms with Crippen molar-refractivity contribution >= 4 is 17.8 Å². The van der Waals surface area contributed by atoms with Gasteiger partial charge in [-0.2, -0.15) is 0 Å². The number of benzene rings is 1. The van der Waals surface area contributed by atoms with Crippen molar-refractivity contribution in [1.82, 2.24) is 9.55 Å². The van der Waals surface area contributed by atoms with Crippen LogP contribution in [0.1, 0.15) is 34.6 Å². The van der Waals surface area contributed by atoms with Gasteiger partial charge in [-0.25, -0.2) is 9.59 Å². The van der Waals surface area contributed by atoms with E-state index in [1.54, 1.807) is 30.8 Å². The van der Waals surface area contributed by atoms with Crippen LogP contribution in [0.15, 0.2) is 41.5 Å². The van der Waals surface area contributed by atoms with Gasteiger partial charge in [-0.1, -0.05) is 0 Å². The number of ether oxygens (including phenoxy) is 2. The summed E-state index contributed by atoms with van der Waals surface area (Å²) in [6.07, 6.45) is 3.55. The number of aromatic carboxylic acids is 2. The Balaban J connectivity index is 2.45. The SMILES string of the molecule is CCOc1cc(-c2c(C(=O)O)c(N)[nH]c(=O)c2C(=O)O)cc(OCC)c1-n1cccc1. The number of hydrogen-bond donors (Lipinski definition) is 4. The number of rotatable bonds is 8. The third-order valence-electron chi connectivity index (χ3n) is 4.46. The first-order chi connectivity index (χ1) is 14.8. The van der Waals surface area contributed by atoms with Gasteiger partial charge in [0.2, 0.25) is 0 Å². The molecule has 162 valence electrons. The zero-order chi connectivity index (χ0) is 22.7. The maximum Gasteiger partial charge on any atom is 0.342 e. The molecule has 0 amide bonds. The average molecular weight is 427 g/mol. The zero-order valence-corrected chi connectivity index (χ0v) is 16.8. The van der Waals surface area contributed by atoms with Gasteiger partial charge in [0, 0.05) is 18.0 Å². The molecule has 0 fully saturated rings. The Morgan fingerprint density at radius 1 is 1.00 bits per heavy atom. The number of nitrogens with zero attached hydrogens (tertiary/aromatic N) is 1. The Kier molecular flexibility index (Phi) is 6.00. The van der Waals surface area contributed by atoms with Crippen LogP contribution in [0.2, 0.25) is 0 Å². The predicted octanol–water partition coefficient (Wildman–Crippen LogP) is 2.61. The van der Waals surface area contributed by atoms with Gasteiger partial charge in [0.15, 0.2) is 0 Å². The minimum atomic E-state index is -1.59. The third kappa shape index (κ3) is 3.95. The van der Waals surface area contributed by atoms with Crippen LogP contribution >= 0.6 is 0 Å². The molecule has 5 N–H and O–H groups in total. The van der Waals surface area contributed by atoms with Crippen LogP contribution in [0.5, 0.6) is 11.5 Å². The number of aromatic nitrogens is 2. The van der Waals surface area contributed by atoms with E-state index in [9.17, 15) is 24.6 Å². The van der Waals surface area contributed by atoms with Gasteiger partial charge in [0.1, 0.15) is 34.1 Å². The number of nitrogen functional groups attached to an aromatic ring is 1. The lowest BCUT2D eigenvalue weighted by Gasteiger charge is -2.19. The highest BCUT2D eigenvalue weighted by molar-refractivity contribution is 6.07. The van der Waals surface area contributed by atoms with Crippen molar-refractivity contribution < 1.29 is 29.3 Å². The van der Waals surface area contributed by atoms with E-state index in [1.165, 1.54) is 12.1 Å². The average Bonchev–Trinajstić information content (AvgIpc) is 3.21. The fraction of sp³-hybridized carbons (Fsp3) is 0.190. The number of carbonyl (C=O) groups is 2. The molecule has 0 aliphatic rings. The molecule has 31 heavy (non-hydrogen) atoms. The fourth-order valence-electron chi connectivity index (χ4n) is 3.33. The molecule has 2 aromatic heterocycles. The van der Waals surface area contributed by atoms with Crippen molar-refractivity contribution in [2.24, 2.45) is 0 Å². The molecule has 3 rings (SSSR count). The predicted molar refractivity (Wildman–Crippen MR) is 112 cm³/mol. The van der Waals surface area contributed by atoms with Crippen molar-refractivity contribution in [3.63, 3.8) is 0 Å². The minimum absolute atomic E-state index is 0.107. The van der Waals surface area contributed by atoms with Gasteiger partial charge >= 0.3 is 11.9 Å². The van der Waals surface area contributed by atoms with Crippen molar-refractivity contribution in [1.29, 1.82) is 0 Å². The molecule has 0 atom stereocenters. The Morgan fingerprint density at radius 2 is 1.52 bits per heavy atom. The molecule has 0 unspecified atom stereocenters. The van der Waals surface area contributed by atoms with E-state index >= 15 is 0 Å². The Labute approximate surface area is 176 Å². The summed E-state index contributed by atoms with van der Waals surface area (Å²) in [6, 6.07) is 6.55. The number of carboxylic acid groups (broad SMARTS) is 2. The van der Waals surface area contributed by atoms with E-state index < -0.39 is 34.4 Å². The summed E-state index contributed by atoms with van der Waals surface area (Å²) >= 11 is 0. The van der Waals surface area contributed by atoms with Gasteiger partial charge in [-0.15, -0.1) is 0 Å². The number of hydrogen-bond acceptors (Lipinski definition) is 6. The van der Waals surface area contributed by atoms with Crippen molar-refractivity contribution in [2.45, 2.75) is 13.8 Å². The molecule has 0 spiro atoms. The van der Waals surface area contributed by atoms with Crippen LogP contribution in [-0.2, 0) is 0 Å². The second-order valence-corrected chi connectivity index (χ2v) is 6.38. The normalized spacial score (nSPS) is 10.6. The summed E-state index contributed by atoms with van der Waals surface area (Å²) in [7, 11) is 0. The Morgan fingerprint density at radius 3 is 1.97 bits per heavy atom. The van der Waals surface area contributed by atoms with Gasteiger partial charge in [-0.3, -0.25) is 4.79 Å². The summed E-state index contributed by atoms with van der Waals surface area (Å²) in [6.45, 7) is 4.09. The monoisotopic (exact) mass is 427 g/mol. The molecule has 0 aliphatic carbocycles. The molecule has 10 heteroatoms. The van der Waals surface area contributed by atoms with E-state index in [-0.39, 0.29) is 24.3 Å². The Hall–Kier alpha value is -4.21. The van der Waals surface area contributed by atoms with E-state index in [0.29, 0.717) is 17.2 Å². The first kappa shape index (κ1) is 21.5. The first-order valence-electron chi connectivity index (χ1n) is 9.39. The highest BCUT2D eigenvalue weighted by Crippen LogP contribution is 2.40. The van der Waals surface area contributed by atoms with Crippen LogP contribution < -0.4 is 20.8 Å². The summed E-state index contributed by atoms with van der Waals surface area (Å²) in [5.74, 6) is -2.92. The summed E-state index contributed by atoms with van der Waals surface area (Å²) in [4.78, 5) is 38.2. The molecule has 0 aliphatic heterocycles. The fourth-order valence-corrected chi connectivity index (χ4v) is 3.33. The summed E-state index contributed by atoms with van der Waals surface area (Å²) in [5, 5.41) is 19.3. The van der Waals surface area contributed by atoms with Crippen LogP contribution in [0.25, 0.3) is 16.8 Å². The van der Waals surface area contributed by atoms with Crippen molar-refractivity contribution in [3.05, 3.63) is 58.1 Å². The number of aromatic amines is 1. The summed E-state index contributed by atoms with van der Waals surface area (Å²) < 4.78 is 13.3. The maximum atomic E-state index is 12.3. The largest absolute Gasteiger partial charge is 0.492 e. The van der Waals surface area contributed by atoms with Crippen LogP contribution in [-0.4, -0.2) is 44.9 Å². The van der Waals surface area contributed by atoms with Gasteiger partial charge < -0.3 is 35.0 Å². The molecular formula is C21H21N3O7. The zero-order valence-electron chi connectivity index (χ0n) is 16.8. The molecule has 10 nitrogen and oxygen atoms in total. The molecule has 0 saturated carbocycles. The smallest absolute Gasteiger partial charge is 0.342 e. The second-order valence-electron chi connectivity index (χ2n) is 6.38. The van der Waals surface area contributed by atoms with E-state index in [4.69, 9.17) is 15.2 Å².